The Morgan fingerprint density at radius 3 is 2.10 bits per heavy atom. The van der Waals surface area contributed by atoms with Gasteiger partial charge in [0.1, 0.15) is 0 Å². The van der Waals surface area contributed by atoms with Crippen molar-refractivity contribution in [3.63, 3.8) is 0 Å². The van der Waals surface area contributed by atoms with Gasteiger partial charge in [-0.2, -0.15) is 0 Å². The van der Waals surface area contributed by atoms with Crippen LogP contribution in [0.15, 0.2) is 71.6 Å². The third-order valence-electron chi connectivity index (χ3n) is 4.42. The molecule has 3 rings (SSSR count). The van der Waals surface area contributed by atoms with Gasteiger partial charge in [0.2, 0.25) is 0 Å². The van der Waals surface area contributed by atoms with Crippen LogP contribution in [0.4, 0.5) is 11.4 Å². The number of carbonyl (C=O) groups excluding carboxylic acids is 2. The van der Waals surface area contributed by atoms with Crippen molar-refractivity contribution in [2.75, 3.05) is 17.1 Å². The first-order valence-corrected chi connectivity index (χ1v) is 10.9. The van der Waals surface area contributed by atoms with E-state index in [0.29, 0.717) is 33.1 Å². The predicted molar refractivity (Wildman–Crippen MR) is 119 cm³/mol. The average molecular weight is 459 g/mol. The second kappa shape index (κ2) is 9.20. The van der Waals surface area contributed by atoms with Crippen LogP contribution in [0.3, 0.4) is 0 Å². The van der Waals surface area contributed by atoms with Crippen LogP contribution in [0.25, 0.3) is 0 Å². The zero-order valence-corrected chi connectivity index (χ0v) is 18.3. The second-order valence-electron chi connectivity index (χ2n) is 6.61. The molecule has 0 atom stereocenters. The first-order valence-electron chi connectivity index (χ1n) is 9.08. The van der Waals surface area contributed by atoms with E-state index < -0.39 is 16.0 Å². The molecule has 0 aliphatic rings. The highest BCUT2D eigenvalue weighted by Gasteiger charge is 2.17. The number of anilines is 2. The molecular formula is C22H19ClN2O5S. The number of amides is 1. The number of aryl methyl sites for hydroxylation is 1. The lowest BCUT2D eigenvalue weighted by molar-refractivity contribution is 0.0600. The molecule has 0 saturated heterocycles. The van der Waals surface area contributed by atoms with Crippen LogP contribution in [0, 0.1) is 6.92 Å². The number of nitrogens with one attached hydrogen (secondary N) is 2. The minimum atomic E-state index is -3.87. The van der Waals surface area contributed by atoms with E-state index in [0.717, 1.165) is 0 Å². The SMILES string of the molecule is COC(=O)c1ccc(NS(=O)(=O)c2ccc(NC(=O)c3ccc(Cl)cc3)c(C)c2)cc1. The summed E-state index contributed by atoms with van der Waals surface area (Å²) in [6, 6.07) is 16.7. The normalized spacial score (nSPS) is 10.9. The fourth-order valence-corrected chi connectivity index (χ4v) is 4.01. The molecule has 0 spiro atoms. The number of carbonyl (C=O) groups is 2. The first kappa shape index (κ1) is 22.3. The fourth-order valence-electron chi connectivity index (χ4n) is 2.75. The van der Waals surface area contributed by atoms with E-state index in [1.165, 1.54) is 49.6 Å². The van der Waals surface area contributed by atoms with Gasteiger partial charge in [-0.3, -0.25) is 9.52 Å². The summed E-state index contributed by atoms with van der Waals surface area (Å²) in [6.45, 7) is 1.70. The van der Waals surface area contributed by atoms with E-state index in [4.69, 9.17) is 11.6 Å². The lowest BCUT2D eigenvalue weighted by Crippen LogP contribution is -2.15. The molecule has 0 fully saturated rings. The number of benzene rings is 3. The molecule has 0 aliphatic heterocycles. The molecule has 0 unspecified atom stereocenters. The molecule has 3 aromatic rings. The standard InChI is InChI=1S/C22H19ClN2O5S/c1-14-13-19(11-12-20(14)24-21(26)15-3-7-17(23)8-4-15)31(28,29)25-18-9-5-16(6-10-18)22(27)30-2/h3-13,25H,1-2H3,(H,24,26). The summed E-state index contributed by atoms with van der Waals surface area (Å²) in [7, 11) is -2.60. The van der Waals surface area contributed by atoms with Crippen LogP contribution < -0.4 is 10.0 Å². The third-order valence-corrected chi connectivity index (χ3v) is 6.05. The Morgan fingerprint density at radius 2 is 1.52 bits per heavy atom. The lowest BCUT2D eigenvalue weighted by atomic mass is 10.1. The van der Waals surface area contributed by atoms with Gasteiger partial charge in [0.05, 0.1) is 17.6 Å². The molecule has 7 nitrogen and oxygen atoms in total. The Morgan fingerprint density at radius 1 is 0.903 bits per heavy atom. The van der Waals surface area contributed by atoms with Crippen molar-refractivity contribution >= 4 is 44.9 Å². The van der Waals surface area contributed by atoms with Gasteiger partial charge in [0.15, 0.2) is 0 Å². The quantitative estimate of drug-likeness (QED) is 0.530. The average Bonchev–Trinajstić information content (AvgIpc) is 2.75. The van der Waals surface area contributed by atoms with Gasteiger partial charge in [0.25, 0.3) is 15.9 Å². The van der Waals surface area contributed by atoms with Crippen LogP contribution in [0.5, 0.6) is 0 Å². The maximum absolute atomic E-state index is 12.7. The van der Waals surface area contributed by atoms with Gasteiger partial charge in [-0.25, -0.2) is 13.2 Å². The molecule has 0 heterocycles. The lowest BCUT2D eigenvalue weighted by Gasteiger charge is -2.12. The van der Waals surface area contributed by atoms with Gasteiger partial charge >= 0.3 is 5.97 Å². The number of ether oxygens (including phenoxy) is 1. The predicted octanol–water partition coefficient (Wildman–Crippen LogP) is 4.49. The summed E-state index contributed by atoms with van der Waals surface area (Å²) >= 11 is 5.83. The summed E-state index contributed by atoms with van der Waals surface area (Å²) in [5, 5.41) is 3.28. The molecule has 2 N–H and O–H groups in total. The molecule has 31 heavy (non-hydrogen) atoms. The Bertz CT molecular complexity index is 1220. The number of esters is 1. The minimum Gasteiger partial charge on any atom is -0.465 e. The van der Waals surface area contributed by atoms with Crippen LogP contribution in [-0.4, -0.2) is 27.4 Å². The molecular weight excluding hydrogens is 440 g/mol. The van der Waals surface area contributed by atoms with Gasteiger partial charge in [-0.05, 0) is 79.2 Å². The number of hydrogen-bond donors (Lipinski definition) is 2. The Balaban J connectivity index is 1.75. The molecule has 3 aromatic carbocycles. The Labute approximate surface area is 185 Å². The van der Waals surface area contributed by atoms with E-state index in [-0.39, 0.29) is 10.8 Å². The third kappa shape index (κ3) is 5.42. The van der Waals surface area contributed by atoms with E-state index in [1.807, 2.05) is 0 Å². The topological polar surface area (TPSA) is 102 Å². The van der Waals surface area contributed by atoms with Crippen molar-refractivity contribution in [2.45, 2.75) is 11.8 Å². The fraction of sp³-hybridized carbons (Fsp3) is 0.0909. The highest BCUT2D eigenvalue weighted by Crippen LogP contribution is 2.23. The van der Waals surface area contributed by atoms with Crippen molar-refractivity contribution in [3.05, 3.63) is 88.4 Å². The van der Waals surface area contributed by atoms with E-state index >= 15 is 0 Å². The number of halogens is 1. The second-order valence-corrected chi connectivity index (χ2v) is 8.73. The van der Waals surface area contributed by atoms with Crippen molar-refractivity contribution in [1.29, 1.82) is 0 Å². The molecule has 1 amide bonds. The van der Waals surface area contributed by atoms with E-state index in [2.05, 4.69) is 14.8 Å². The van der Waals surface area contributed by atoms with E-state index in [9.17, 15) is 18.0 Å². The molecule has 0 aliphatic carbocycles. The summed E-state index contributed by atoms with van der Waals surface area (Å²) in [6.07, 6.45) is 0. The largest absolute Gasteiger partial charge is 0.465 e. The van der Waals surface area contributed by atoms with Gasteiger partial charge in [-0.1, -0.05) is 11.6 Å². The zero-order valence-electron chi connectivity index (χ0n) is 16.7. The van der Waals surface area contributed by atoms with Gasteiger partial charge < -0.3 is 10.1 Å². The van der Waals surface area contributed by atoms with Crippen molar-refractivity contribution < 1.29 is 22.7 Å². The summed E-state index contributed by atoms with van der Waals surface area (Å²) in [4.78, 5) is 23.9. The number of sulfonamides is 1. The van der Waals surface area contributed by atoms with Crippen molar-refractivity contribution in [1.82, 2.24) is 0 Å². The molecule has 0 bridgehead atoms. The van der Waals surface area contributed by atoms with Crippen molar-refractivity contribution in [3.8, 4) is 0 Å². The first-order chi connectivity index (χ1) is 14.7. The number of hydrogen-bond acceptors (Lipinski definition) is 5. The minimum absolute atomic E-state index is 0.0338. The maximum Gasteiger partial charge on any atom is 0.337 e. The van der Waals surface area contributed by atoms with Gasteiger partial charge in [0, 0.05) is 22.0 Å². The summed E-state index contributed by atoms with van der Waals surface area (Å²) < 4.78 is 32.5. The zero-order chi connectivity index (χ0) is 22.6. The number of methoxy groups -OCH3 is 1. The van der Waals surface area contributed by atoms with Crippen LogP contribution in [-0.2, 0) is 14.8 Å². The maximum atomic E-state index is 12.7. The summed E-state index contributed by atoms with van der Waals surface area (Å²) in [5.74, 6) is -0.847. The molecule has 0 saturated carbocycles. The van der Waals surface area contributed by atoms with Crippen molar-refractivity contribution in [2.24, 2.45) is 0 Å². The number of rotatable bonds is 6. The Hall–Kier alpha value is -3.36. The molecule has 0 aromatic heterocycles. The highest BCUT2D eigenvalue weighted by molar-refractivity contribution is 7.92. The van der Waals surface area contributed by atoms with Crippen LogP contribution in [0.2, 0.25) is 5.02 Å². The molecule has 9 heteroatoms. The molecule has 0 radical (unpaired) electrons. The Kier molecular flexibility index (Phi) is 6.62. The monoisotopic (exact) mass is 458 g/mol. The van der Waals surface area contributed by atoms with Gasteiger partial charge in [-0.15, -0.1) is 0 Å². The summed E-state index contributed by atoms with van der Waals surface area (Å²) in [5.41, 5.74) is 2.10. The van der Waals surface area contributed by atoms with Crippen LogP contribution >= 0.6 is 11.6 Å². The van der Waals surface area contributed by atoms with Crippen LogP contribution in [0.1, 0.15) is 26.3 Å². The molecule has 160 valence electrons. The highest BCUT2D eigenvalue weighted by atomic mass is 35.5. The smallest absolute Gasteiger partial charge is 0.337 e. The van der Waals surface area contributed by atoms with E-state index in [1.54, 1.807) is 31.2 Å².